The standard InChI is InChI=1S/C12H18N2O4S2/c1-4-18-11(17)9-14-7(5-19-9)6-20-12(2,3)8(13)10(15)16/h5,8H,4,6,13H2,1-3H3,(H,15,16)/t8-/m1/s1. The van der Waals surface area contributed by atoms with Crippen molar-refractivity contribution >= 4 is 35.0 Å². The molecule has 0 aliphatic rings. The Labute approximate surface area is 125 Å². The number of hydrogen-bond acceptors (Lipinski definition) is 7. The summed E-state index contributed by atoms with van der Waals surface area (Å²) in [5, 5.41) is 11.0. The van der Waals surface area contributed by atoms with Crippen molar-refractivity contribution in [2.75, 3.05) is 6.61 Å². The molecule has 0 fully saturated rings. The van der Waals surface area contributed by atoms with Crippen molar-refractivity contribution in [2.24, 2.45) is 5.73 Å². The Hall–Kier alpha value is -1.12. The van der Waals surface area contributed by atoms with E-state index in [1.165, 1.54) is 23.1 Å². The van der Waals surface area contributed by atoms with Gasteiger partial charge in [0, 0.05) is 15.9 Å². The molecule has 0 aliphatic heterocycles. The van der Waals surface area contributed by atoms with Crippen molar-refractivity contribution < 1.29 is 19.4 Å². The second-order valence-electron chi connectivity index (χ2n) is 4.57. The number of nitrogens with two attached hydrogens (primary N) is 1. The van der Waals surface area contributed by atoms with E-state index in [2.05, 4.69) is 4.98 Å². The summed E-state index contributed by atoms with van der Waals surface area (Å²) < 4.78 is 4.24. The number of carboxylic acid groups (broad SMARTS) is 1. The van der Waals surface area contributed by atoms with Crippen molar-refractivity contribution in [3.05, 3.63) is 16.1 Å². The van der Waals surface area contributed by atoms with Gasteiger partial charge < -0.3 is 15.6 Å². The van der Waals surface area contributed by atoms with Crippen LogP contribution in [0.4, 0.5) is 0 Å². The van der Waals surface area contributed by atoms with Crippen molar-refractivity contribution in [3.63, 3.8) is 0 Å². The number of thioether (sulfide) groups is 1. The number of carbonyl (C=O) groups excluding carboxylic acids is 1. The lowest BCUT2D eigenvalue weighted by Gasteiger charge is -2.27. The first kappa shape index (κ1) is 16.9. The smallest absolute Gasteiger partial charge is 0.367 e. The molecule has 6 nitrogen and oxygen atoms in total. The van der Waals surface area contributed by atoms with Crippen LogP contribution in [0.1, 0.15) is 36.3 Å². The minimum Gasteiger partial charge on any atom is -0.480 e. The van der Waals surface area contributed by atoms with E-state index in [0.29, 0.717) is 23.1 Å². The SMILES string of the molecule is CCOC(=O)c1nc(CSC(C)(C)[C@H](N)C(=O)O)cs1. The van der Waals surface area contributed by atoms with E-state index in [9.17, 15) is 9.59 Å². The second-order valence-corrected chi connectivity index (χ2v) is 7.06. The normalized spacial score (nSPS) is 13.0. The first-order chi connectivity index (χ1) is 9.27. The Morgan fingerprint density at radius 2 is 2.25 bits per heavy atom. The molecule has 0 spiro atoms. The van der Waals surface area contributed by atoms with E-state index >= 15 is 0 Å². The van der Waals surface area contributed by atoms with Crippen molar-refractivity contribution in [3.8, 4) is 0 Å². The zero-order valence-electron chi connectivity index (χ0n) is 11.6. The summed E-state index contributed by atoms with van der Waals surface area (Å²) in [6.45, 7) is 5.59. The number of carbonyl (C=O) groups is 2. The summed E-state index contributed by atoms with van der Waals surface area (Å²) in [5.41, 5.74) is 6.36. The molecule has 0 bridgehead atoms. The fraction of sp³-hybridized carbons (Fsp3) is 0.583. The maximum absolute atomic E-state index is 11.5. The van der Waals surface area contributed by atoms with Crippen molar-refractivity contribution in [1.82, 2.24) is 4.98 Å². The summed E-state index contributed by atoms with van der Waals surface area (Å²) >= 11 is 2.61. The molecule has 20 heavy (non-hydrogen) atoms. The Morgan fingerprint density at radius 1 is 1.60 bits per heavy atom. The fourth-order valence-electron chi connectivity index (χ4n) is 1.31. The van der Waals surface area contributed by atoms with Crippen molar-refractivity contribution in [1.29, 1.82) is 0 Å². The van der Waals surface area contributed by atoms with Gasteiger partial charge in [0.15, 0.2) is 0 Å². The maximum Gasteiger partial charge on any atom is 0.367 e. The molecule has 112 valence electrons. The van der Waals surface area contributed by atoms with Gasteiger partial charge in [0.2, 0.25) is 5.01 Å². The zero-order chi connectivity index (χ0) is 15.3. The van der Waals surface area contributed by atoms with Crippen LogP contribution in [0, 0.1) is 0 Å². The van der Waals surface area contributed by atoms with E-state index in [4.69, 9.17) is 15.6 Å². The predicted octanol–water partition coefficient (Wildman–Crippen LogP) is 1.74. The maximum atomic E-state index is 11.5. The summed E-state index contributed by atoms with van der Waals surface area (Å²) in [7, 11) is 0. The van der Waals surface area contributed by atoms with Crippen LogP contribution in [0.15, 0.2) is 5.38 Å². The van der Waals surface area contributed by atoms with Gasteiger partial charge in [-0.05, 0) is 20.8 Å². The molecule has 1 aromatic heterocycles. The number of aliphatic carboxylic acids is 1. The highest BCUT2D eigenvalue weighted by Crippen LogP contribution is 2.31. The molecule has 0 saturated carbocycles. The van der Waals surface area contributed by atoms with E-state index in [-0.39, 0.29) is 0 Å². The summed E-state index contributed by atoms with van der Waals surface area (Å²) in [5.74, 6) is -0.979. The second kappa shape index (κ2) is 7.05. The van der Waals surface area contributed by atoms with Gasteiger partial charge >= 0.3 is 11.9 Å². The van der Waals surface area contributed by atoms with Crippen LogP contribution in [0.5, 0.6) is 0 Å². The highest BCUT2D eigenvalue weighted by Gasteiger charge is 2.32. The first-order valence-electron chi connectivity index (χ1n) is 6.01. The number of hydrogen-bond donors (Lipinski definition) is 2. The van der Waals surface area contributed by atoms with Gasteiger partial charge in [0.25, 0.3) is 0 Å². The highest BCUT2D eigenvalue weighted by atomic mass is 32.2. The van der Waals surface area contributed by atoms with Crippen LogP contribution >= 0.6 is 23.1 Å². The van der Waals surface area contributed by atoms with E-state index in [1.54, 1.807) is 26.2 Å². The number of ether oxygens (including phenoxy) is 1. The fourth-order valence-corrected chi connectivity index (χ4v) is 3.07. The molecule has 0 saturated heterocycles. The first-order valence-corrected chi connectivity index (χ1v) is 7.88. The third-order valence-corrected chi connectivity index (χ3v) is 4.92. The van der Waals surface area contributed by atoms with Crippen molar-refractivity contribution in [2.45, 2.75) is 37.3 Å². The van der Waals surface area contributed by atoms with Gasteiger partial charge in [-0.1, -0.05) is 0 Å². The number of carboxylic acids is 1. The number of esters is 1. The monoisotopic (exact) mass is 318 g/mol. The minimum atomic E-state index is -1.03. The molecular weight excluding hydrogens is 300 g/mol. The average molecular weight is 318 g/mol. The highest BCUT2D eigenvalue weighted by molar-refractivity contribution is 7.99. The van der Waals surface area contributed by atoms with Gasteiger partial charge in [-0.25, -0.2) is 9.78 Å². The van der Waals surface area contributed by atoms with Crippen LogP contribution in [-0.4, -0.2) is 39.4 Å². The predicted molar refractivity (Wildman–Crippen MR) is 79.1 cm³/mol. The summed E-state index contributed by atoms with van der Waals surface area (Å²) in [6.07, 6.45) is 0. The third kappa shape index (κ3) is 4.46. The molecule has 8 heteroatoms. The topological polar surface area (TPSA) is 103 Å². The quantitative estimate of drug-likeness (QED) is 0.738. The van der Waals surface area contributed by atoms with E-state index in [1.807, 2.05) is 0 Å². The molecular formula is C12H18N2O4S2. The molecule has 1 aromatic rings. The lowest BCUT2D eigenvalue weighted by Crippen LogP contribution is -2.46. The van der Waals surface area contributed by atoms with Crippen LogP contribution in [0.2, 0.25) is 0 Å². The lowest BCUT2D eigenvalue weighted by molar-refractivity contribution is -0.139. The number of aromatic nitrogens is 1. The molecule has 0 amide bonds. The number of rotatable bonds is 7. The molecule has 0 aliphatic carbocycles. The third-order valence-electron chi connectivity index (χ3n) is 2.61. The van der Waals surface area contributed by atoms with Crippen LogP contribution in [0.3, 0.4) is 0 Å². The van der Waals surface area contributed by atoms with Crippen LogP contribution in [0.25, 0.3) is 0 Å². The van der Waals surface area contributed by atoms with Gasteiger partial charge in [0.1, 0.15) is 6.04 Å². The molecule has 0 aromatic carbocycles. The van der Waals surface area contributed by atoms with E-state index < -0.39 is 22.7 Å². The van der Waals surface area contributed by atoms with Crippen LogP contribution < -0.4 is 5.73 Å². The van der Waals surface area contributed by atoms with E-state index in [0.717, 1.165) is 0 Å². The number of nitrogens with zero attached hydrogens (tertiary/aromatic N) is 1. The number of thiazole rings is 1. The zero-order valence-corrected chi connectivity index (χ0v) is 13.2. The van der Waals surface area contributed by atoms with Gasteiger partial charge in [-0.15, -0.1) is 23.1 Å². The minimum absolute atomic E-state index is 0.308. The molecule has 1 heterocycles. The summed E-state index contributed by atoms with van der Waals surface area (Å²) in [4.78, 5) is 26.6. The molecule has 0 unspecified atom stereocenters. The largest absolute Gasteiger partial charge is 0.480 e. The summed E-state index contributed by atoms with van der Waals surface area (Å²) in [6, 6.07) is -0.962. The Morgan fingerprint density at radius 3 is 2.80 bits per heavy atom. The Kier molecular flexibility index (Phi) is 5.97. The molecule has 3 N–H and O–H groups in total. The molecule has 1 atom stereocenters. The molecule has 0 radical (unpaired) electrons. The lowest BCUT2D eigenvalue weighted by atomic mass is 10.1. The Bertz CT molecular complexity index is 488. The van der Waals surface area contributed by atoms with Gasteiger partial charge in [-0.3, -0.25) is 4.79 Å². The van der Waals surface area contributed by atoms with Crippen LogP contribution in [-0.2, 0) is 15.3 Å². The Balaban J connectivity index is 2.62. The molecule has 1 rings (SSSR count). The van der Waals surface area contributed by atoms with Gasteiger partial charge in [-0.2, -0.15) is 0 Å². The van der Waals surface area contributed by atoms with Gasteiger partial charge in [0.05, 0.1) is 12.3 Å². The average Bonchev–Trinajstić information content (AvgIpc) is 2.84.